The van der Waals surface area contributed by atoms with Crippen LogP contribution in [-0.2, 0) is 0 Å². The molecule has 0 bridgehead atoms. The van der Waals surface area contributed by atoms with Crippen molar-refractivity contribution < 1.29 is 9.21 Å². The van der Waals surface area contributed by atoms with E-state index in [9.17, 15) is 9.59 Å². The molecule has 0 aliphatic heterocycles. The van der Waals surface area contributed by atoms with Crippen molar-refractivity contribution >= 4 is 22.4 Å². The summed E-state index contributed by atoms with van der Waals surface area (Å²) in [6.45, 7) is 3.83. The number of rotatable bonds is 2. The fourth-order valence-electron chi connectivity index (χ4n) is 2.43. The highest BCUT2D eigenvalue weighted by Crippen LogP contribution is 2.20. The van der Waals surface area contributed by atoms with Crippen LogP contribution in [0.15, 0.2) is 57.7 Å². The summed E-state index contributed by atoms with van der Waals surface area (Å²) in [5, 5.41) is 3.96. The number of para-hydroxylation sites is 1. The zero-order chi connectivity index (χ0) is 15.7. The van der Waals surface area contributed by atoms with Gasteiger partial charge >= 0.3 is 5.63 Å². The second-order valence-corrected chi connectivity index (χ2v) is 5.21. The third kappa shape index (κ3) is 2.51. The predicted molar refractivity (Wildman–Crippen MR) is 86.4 cm³/mol. The number of hydrogen-bond donors (Lipinski definition) is 1. The van der Waals surface area contributed by atoms with Crippen molar-refractivity contribution in [2.75, 3.05) is 5.32 Å². The van der Waals surface area contributed by atoms with E-state index >= 15 is 0 Å². The van der Waals surface area contributed by atoms with E-state index in [1.54, 1.807) is 24.3 Å². The minimum atomic E-state index is -0.509. The Bertz CT molecular complexity index is 905. The summed E-state index contributed by atoms with van der Waals surface area (Å²) >= 11 is 0. The number of carbonyl (C=O) groups excluding carboxylic acids is 1. The van der Waals surface area contributed by atoms with E-state index in [1.165, 1.54) is 0 Å². The topological polar surface area (TPSA) is 59.3 Å². The van der Waals surface area contributed by atoms with E-state index in [0.717, 1.165) is 16.8 Å². The molecule has 0 radical (unpaired) electrons. The number of anilines is 1. The van der Waals surface area contributed by atoms with E-state index in [1.807, 2.05) is 38.1 Å². The van der Waals surface area contributed by atoms with Crippen molar-refractivity contribution in [1.29, 1.82) is 0 Å². The summed E-state index contributed by atoms with van der Waals surface area (Å²) in [4.78, 5) is 24.3. The first-order valence-electron chi connectivity index (χ1n) is 6.97. The molecule has 0 saturated heterocycles. The molecule has 0 fully saturated rings. The lowest BCUT2D eigenvalue weighted by Gasteiger charge is -2.11. The normalized spacial score (nSPS) is 10.6. The fraction of sp³-hybridized carbons (Fsp3) is 0.111. The number of fused-ring (bicyclic) bond motifs is 1. The van der Waals surface area contributed by atoms with Crippen LogP contribution in [0.2, 0.25) is 0 Å². The predicted octanol–water partition coefficient (Wildman–Crippen LogP) is 3.66. The van der Waals surface area contributed by atoms with Gasteiger partial charge in [-0.3, -0.25) is 4.79 Å². The maximum Gasteiger partial charge on any atom is 0.344 e. The first-order valence-corrected chi connectivity index (χ1v) is 6.97. The quantitative estimate of drug-likeness (QED) is 0.784. The Morgan fingerprint density at radius 3 is 2.41 bits per heavy atom. The minimum absolute atomic E-state index is 0.00588. The second-order valence-electron chi connectivity index (χ2n) is 5.21. The van der Waals surface area contributed by atoms with Gasteiger partial charge in [0.15, 0.2) is 5.76 Å². The molecule has 4 heteroatoms. The smallest absolute Gasteiger partial charge is 0.344 e. The van der Waals surface area contributed by atoms with E-state index in [0.29, 0.717) is 10.8 Å². The highest BCUT2D eigenvalue weighted by atomic mass is 16.4. The third-order valence-electron chi connectivity index (χ3n) is 3.61. The molecule has 3 rings (SSSR count). The molecule has 0 atom stereocenters. The maximum absolute atomic E-state index is 12.4. The van der Waals surface area contributed by atoms with Gasteiger partial charge in [-0.05, 0) is 42.5 Å². The molecule has 22 heavy (non-hydrogen) atoms. The molecule has 0 aliphatic rings. The second kappa shape index (κ2) is 5.48. The average molecular weight is 293 g/mol. The fourth-order valence-corrected chi connectivity index (χ4v) is 2.43. The van der Waals surface area contributed by atoms with Gasteiger partial charge in [0, 0.05) is 5.69 Å². The highest BCUT2D eigenvalue weighted by Gasteiger charge is 2.14. The summed E-state index contributed by atoms with van der Waals surface area (Å²) in [6.07, 6.45) is 0. The Morgan fingerprint density at radius 1 is 1.00 bits per heavy atom. The van der Waals surface area contributed by atoms with Crippen molar-refractivity contribution in [1.82, 2.24) is 0 Å². The molecule has 2 aromatic carbocycles. The molecular formula is C18H15NO3. The van der Waals surface area contributed by atoms with Crippen LogP contribution in [-0.4, -0.2) is 5.91 Å². The van der Waals surface area contributed by atoms with E-state index in [-0.39, 0.29) is 5.76 Å². The molecule has 110 valence electrons. The summed E-state index contributed by atoms with van der Waals surface area (Å²) in [5.41, 5.74) is 2.14. The van der Waals surface area contributed by atoms with Crippen molar-refractivity contribution in [2.24, 2.45) is 0 Å². The standard InChI is InChI=1S/C18H15NO3/c1-11-6-5-7-12(2)16(11)19-17(20)15-10-13-8-3-4-9-14(13)18(21)22-15/h3-10H,1-2H3,(H,19,20). The number of benzene rings is 2. The largest absolute Gasteiger partial charge is 0.417 e. The molecule has 1 N–H and O–H groups in total. The molecule has 0 aliphatic carbocycles. The summed E-state index contributed by atoms with van der Waals surface area (Å²) in [6, 6.07) is 14.4. The Kier molecular flexibility index (Phi) is 3.51. The number of amides is 1. The average Bonchev–Trinajstić information content (AvgIpc) is 2.51. The van der Waals surface area contributed by atoms with Crippen molar-refractivity contribution in [2.45, 2.75) is 13.8 Å². The molecule has 0 saturated carbocycles. The number of hydrogen-bond acceptors (Lipinski definition) is 3. The van der Waals surface area contributed by atoms with Crippen LogP contribution in [0.5, 0.6) is 0 Å². The van der Waals surface area contributed by atoms with Crippen LogP contribution in [0, 0.1) is 13.8 Å². The maximum atomic E-state index is 12.4. The molecule has 0 unspecified atom stereocenters. The van der Waals surface area contributed by atoms with E-state index in [2.05, 4.69) is 5.32 Å². The Hall–Kier alpha value is -2.88. The van der Waals surface area contributed by atoms with Crippen LogP contribution in [0.4, 0.5) is 5.69 Å². The first kappa shape index (κ1) is 14.1. The van der Waals surface area contributed by atoms with Gasteiger partial charge in [-0.1, -0.05) is 36.4 Å². The zero-order valence-electron chi connectivity index (χ0n) is 12.3. The zero-order valence-corrected chi connectivity index (χ0v) is 12.3. The third-order valence-corrected chi connectivity index (χ3v) is 3.61. The van der Waals surface area contributed by atoms with Crippen molar-refractivity contribution in [3.8, 4) is 0 Å². The Labute approximate surface area is 127 Å². The van der Waals surface area contributed by atoms with Gasteiger partial charge in [0.05, 0.1) is 5.39 Å². The molecule has 1 aromatic heterocycles. The summed E-state index contributed by atoms with van der Waals surface area (Å²) in [5.74, 6) is -0.424. The number of aryl methyl sites for hydroxylation is 2. The highest BCUT2D eigenvalue weighted by molar-refractivity contribution is 6.04. The van der Waals surface area contributed by atoms with Gasteiger partial charge in [-0.25, -0.2) is 4.79 Å². The molecule has 1 amide bonds. The van der Waals surface area contributed by atoms with E-state index < -0.39 is 11.5 Å². The molecule has 1 heterocycles. The van der Waals surface area contributed by atoms with Crippen LogP contribution in [0.25, 0.3) is 10.8 Å². The molecule has 4 nitrogen and oxygen atoms in total. The van der Waals surface area contributed by atoms with Gasteiger partial charge in [0.1, 0.15) is 0 Å². The van der Waals surface area contributed by atoms with Crippen LogP contribution < -0.4 is 10.9 Å². The Morgan fingerprint density at radius 2 is 1.68 bits per heavy atom. The summed E-state index contributed by atoms with van der Waals surface area (Å²) < 4.78 is 5.14. The van der Waals surface area contributed by atoms with Crippen LogP contribution in [0.1, 0.15) is 21.7 Å². The van der Waals surface area contributed by atoms with Gasteiger partial charge in [0.2, 0.25) is 0 Å². The molecule has 3 aromatic rings. The SMILES string of the molecule is Cc1cccc(C)c1NC(=O)c1cc2ccccc2c(=O)o1. The molecular weight excluding hydrogens is 278 g/mol. The van der Waals surface area contributed by atoms with Crippen LogP contribution in [0.3, 0.4) is 0 Å². The lowest BCUT2D eigenvalue weighted by Crippen LogP contribution is -2.16. The van der Waals surface area contributed by atoms with Crippen LogP contribution >= 0.6 is 0 Å². The molecule has 0 spiro atoms. The number of carbonyl (C=O) groups is 1. The van der Waals surface area contributed by atoms with Gasteiger partial charge < -0.3 is 9.73 Å². The van der Waals surface area contributed by atoms with Gasteiger partial charge in [-0.15, -0.1) is 0 Å². The summed E-state index contributed by atoms with van der Waals surface area (Å²) in [7, 11) is 0. The lowest BCUT2D eigenvalue weighted by molar-refractivity contribution is 0.0993. The lowest BCUT2D eigenvalue weighted by atomic mass is 10.1. The monoisotopic (exact) mass is 293 g/mol. The van der Waals surface area contributed by atoms with Gasteiger partial charge in [-0.2, -0.15) is 0 Å². The van der Waals surface area contributed by atoms with Crippen molar-refractivity contribution in [3.05, 3.63) is 75.8 Å². The van der Waals surface area contributed by atoms with Gasteiger partial charge in [0.25, 0.3) is 5.91 Å². The first-order chi connectivity index (χ1) is 10.6. The number of nitrogens with one attached hydrogen (secondary N) is 1. The Balaban J connectivity index is 2.01. The van der Waals surface area contributed by atoms with E-state index in [4.69, 9.17) is 4.42 Å². The van der Waals surface area contributed by atoms with Crippen molar-refractivity contribution in [3.63, 3.8) is 0 Å². The minimum Gasteiger partial charge on any atom is -0.417 e.